The second-order valence-electron chi connectivity index (χ2n) is 11.1. The molecular weight excluding hydrogens is 560 g/mol. The molecule has 2 unspecified atom stereocenters. The molecule has 0 N–H and O–H groups in total. The van der Waals surface area contributed by atoms with Crippen molar-refractivity contribution in [2.45, 2.75) is 57.2 Å². The van der Waals surface area contributed by atoms with Gasteiger partial charge in [0.05, 0.1) is 28.6 Å². The first-order valence-electron chi connectivity index (χ1n) is 13.5. The van der Waals surface area contributed by atoms with E-state index in [-0.39, 0.29) is 30.6 Å². The highest BCUT2D eigenvalue weighted by Crippen LogP contribution is 2.49. The number of rotatable bonds is 7. The number of carbonyl (C=O) groups excluding carboxylic acids is 2. The van der Waals surface area contributed by atoms with Gasteiger partial charge in [0.1, 0.15) is 0 Å². The summed E-state index contributed by atoms with van der Waals surface area (Å²) in [4.78, 5) is 32.1. The first-order chi connectivity index (χ1) is 19.6. The van der Waals surface area contributed by atoms with Crippen molar-refractivity contribution in [3.8, 4) is 0 Å². The van der Waals surface area contributed by atoms with Crippen molar-refractivity contribution in [3.63, 3.8) is 0 Å². The molecule has 2 aromatic rings. The molecule has 4 rings (SSSR count). The molecule has 2 aliphatic rings. The van der Waals surface area contributed by atoms with Crippen LogP contribution in [0.25, 0.3) is 0 Å². The van der Waals surface area contributed by atoms with Crippen LogP contribution >= 0.6 is 0 Å². The zero-order chi connectivity index (χ0) is 31.0. The molecule has 2 saturated heterocycles. The van der Waals surface area contributed by atoms with Crippen LogP contribution in [-0.4, -0.2) is 52.8 Å². The number of halogens is 6. The maximum atomic E-state index is 13.9. The summed E-state index contributed by atoms with van der Waals surface area (Å²) in [5.41, 5.74) is -2.24. The molecule has 11 heteroatoms. The molecule has 5 nitrogen and oxygen atoms in total. The van der Waals surface area contributed by atoms with Crippen LogP contribution in [0, 0.1) is 12.3 Å². The number of carbonyl (C=O) groups is 2. The van der Waals surface area contributed by atoms with Gasteiger partial charge in [-0.25, -0.2) is 4.79 Å². The van der Waals surface area contributed by atoms with E-state index in [9.17, 15) is 35.9 Å². The number of alkyl halides is 6. The van der Waals surface area contributed by atoms with Gasteiger partial charge in [0, 0.05) is 26.7 Å². The highest BCUT2D eigenvalue weighted by molar-refractivity contribution is 5.87. The number of benzene rings is 2. The van der Waals surface area contributed by atoms with Crippen LogP contribution in [0.3, 0.4) is 0 Å². The van der Waals surface area contributed by atoms with E-state index in [1.165, 1.54) is 7.05 Å². The average Bonchev–Trinajstić information content (AvgIpc) is 3.18. The van der Waals surface area contributed by atoms with E-state index in [2.05, 4.69) is 13.2 Å². The lowest BCUT2D eigenvalue weighted by Gasteiger charge is -2.46. The fraction of sp³-hybridized carbons (Fsp3) is 0.419. The molecule has 0 saturated carbocycles. The minimum absolute atomic E-state index is 0.0463. The second-order valence-corrected chi connectivity index (χ2v) is 11.1. The van der Waals surface area contributed by atoms with Crippen LogP contribution in [0.2, 0.25) is 0 Å². The Bertz CT molecular complexity index is 1330. The standard InChI is InChI=1S/C31H33F6N3O2/c1-5-11-29(12-6-2)18-25-26(24-10-8-7-9-20(24)3)40(14-13-39(25)27(29)41)28(42)38(4)19-21-15-22(30(32,33)34)17-23(16-21)31(35,36)37/h5-10,15-17,25-26H,1-2,11-14,18-19H2,3-4H3. The molecule has 2 atom stereocenters. The lowest BCUT2D eigenvalue weighted by molar-refractivity contribution is -0.143. The number of piperazine rings is 1. The van der Waals surface area contributed by atoms with Gasteiger partial charge >= 0.3 is 18.4 Å². The smallest absolute Gasteiger partial charge is 0.335 e. The first-order valence-corrected chi connectivity index (χ1v) is 13.5. The summed E-state index contributed by atoms with van der Waals surface area (Å²) in [6.45, 7) is 9.44. The van der Waals surface area contributed by atoms with E-state index in [0.29, 0.717) is 31.4 Å². The number of urea groups is 1. The van der Waals surface area contributed by atoms with Crippen LogP contribution in [0.15, 0.2) is 67.8 Å². The number of aryl methyl sites for hydroxylation is 1. The predicted octanol–water partition coefficient (Wildman–Crippen LogP) is 7.38. The average molecular weight is 594 g/mol. The zero-order valence-electron chi connectivity index (χ0n) is 23.4. The molecule has 2 heterocycles. The molecule has 3 amide bonds. The van der Waals surface area contributed by atoms with E-state index in [1.54, 1.807) is 22.0 Å². The Morgan fingerprint density at radius 2 is 1.57 bits per heavy atom. The number of amides is 3. The summed E-state index contributed by atoms with van der Waals surface area (Å²) in [5, 5.41) is 0. The van der Waals surface area contributed by atoms with Crippen LogP contribution in [-0.2, 0) is 23.7 Å². The monoisotopic (exact) mass is 593 g/mol. The molecule has 2 aromatic carbocycles. The lowest BCUT2D eigenvalue weighted by Crippen LogP contribution is -2.57. The molecule has 0 aromatic heterocycles. The first kappa shape index (κ1) is 31.2. The third kappa shape index (κ3) is 5.91. The lowest BCUT2D eigenvalue weighted by atomic mass is 9.76. The van der Waals surface area contributed by atoms with E-state index in [1.807, 2.05) is 31.2 Å². The largest absolute Gasteiger partial charge is 0.416 e. The van der Waals surface area contributed by atoms with Gasteiger partial charge in [-0.1, -0.05) is 36.4 Å². The van der Waals surface area contributed by atoms with Gasteiger partial charge < -0.3 is 14.7 Å². The Morgan fingerprint density at radius 3 is 2.10 bits per heavy atom. The highest BCUT2D eigenvalue weighted by atomic mass is 19.4. The predicted molar refractivity (Wildman–Crippen MR) is 146 cm³/mol. The topological polar surface area (TPSA) is 43.9 Å². The van der Waals surface area contributed by atoms with Gasteiger partial charge in [0.15, 0.2) is 0 Å². The van der Waals surface area contributed by atoms with Crippen molar-refractivity contribution < 1.29 is 35.9 Å². The van der Waals surface area contributed by atoms with Crippen LogP contribution in [0.5, 0.6) is 0 Å². The van der Waals surface area contributed by atoms with Gasteiger partial charge in [0.25, 0.3) is 0 Å². The van der Waals surface area contributed by atoms with Crippen molar-refractivity contribution in [1.82, 2.24) is 14.7 Å². The molecule has 0 aliphatic carbocycles. The molecule has 2 fully saturated rings. The Balaban J connectivity index is 1.71. The Kier molecular flexibility index (Phi) is 8.53. The SMILES string of the molecule is C=CCC1(CC=C)CC2C(c3ccccc3C)N(C(=O)N(C)Cc3cc(C(F)(F)F)cc(C(F)(F)F)c3)CCN2C1=O. The van der Waals surface area contributed by atoms with Crippen molar-refractivity contribution in [1.29, 1.82) is 0 Å². The third-order valence-electron chi connectivity index (χ3n) is 8.21. The van der Waals surface area contributed by atoms with Crippen LogP contribution < -0.4 is 0 Å². The molecule has 226 valence electrons. The normalized spacial score (nSPS) is 20.3. The van der Waals surface area contributed by atoms with E-state index >= 15 is 0 Å². The van der Waals surface area contributed by atoms with E-state index in [0.717, 1.165) is 16.0 Å². The minimum Gasteiger partial charge on any atom is -0.335 e. The zero-order valence-corrected chi connectivity index (χ0v) is 23.4. The third-order valence-corrected chi connectivity index (χ3v) is 8.21. The molecule has 0 radical (unpaired) electrons. The van der Waals surface area contributed by atoms with E-state index < -0.39 is 53.6 Å². The van der Waals surface area contributed by atoms with Gasteiger partial charge in [-0.3, -0.25) is 4.79 Å². The summed E-state index contributed by atoms with van der Waals surface area (Å²) in [6.07, 6.45) is -5.31. The molecule has 0 spiro atoms. The summed E-state index contributed by atoms with van der Waals surface area (Å²) >= 11 is 0. The Morgan fingerprint density at radius 1 is 1.00 bits per heavy atom. The van der Waals surface area contributed by atoms with Crippen LogP contribution in [0.1, 0.15) is 53.1 Å². The van der Waals surface area contributed by atoms with Crippen molar-refractivity contribution in [2.75, 3.05) is 20.1 Å². The van der Waals surface area contributed by atoms with Gasteiger partial charge in [-0.05, 0) is 61.1 Å². The Hall–Kier alpha value is -3.76. The van der Waals surface area contributed by atoms with Crippen LogP contribution in [0.4, 0.5) is 31.1 Å². The minimum atomic E-state index is -5.00. The number of hydrogen-bond acceptors (Lipinski definition) is 2. The number of allylic oxidation sites excluding steroid dienone is 2. The fourth-order valence-corrected chi connectivity index (χ4v) is 6.32. The molecule has 0 bridgehead atoms. The number of fused-ring (bicyclic) bond motifs is 1. The summed E-state index contributed by atoms with van der Waals surface area (Å²) in [6, 6.07) is 7.22. The highest BCUT2D eigenvalue weighted by Gasteiger charge is 2.56. The maximum Gasteiger partial charge on any atom is 0.416 e. The number of hydrogen-bond donors (Lipinski definition) is 0. The summed E-state index contributed by atoms with van der Waals surface area (Å²) < 4.78 is 80.6. The maximum absolute atomic E-state index is 13.9. The summed E-state index contributed by atoms with van der Waals surface area (Å²) in [5.74, 6) is -0.0463. The van der Waals surface area contributed by atoms with Gasteiger partial charge in [0.2, 0.25) is 5.91 Å². The van der Waals surface area contributed by atoms with Crippen molar-refractivity contribution in [2.24, 2.45) is 5.41 Å². The molecule has 42 heavy (non-hydrogen) atoms. The summed E-state index contributed by atoms with van der Waals surface area (Å²) in [7, 11) is 1.34. The Labute approximate surface area is 241 Å². The quantitative estimate of drug-likeness (QED) is 0.248. The van der Waals surface area contributed by atoms with E-state index in [4.69, 9.17) is 0 Å². The second kappa shape index (κ2) is 11.5. The van der Waals surface area contributed by atoms with Gasteiger partial charge in [-0.15, -0.1) is 13.2 Å². The van der Waals surface area contributed by atoms with Crippen molar-refractivity contribution in [3.05, 3.63) is 95.6 Å². The van der Waals surface area contributed by atoms with Gasteiger partial charge in [-0.2, -0.15) is 26.3 Å². The fourth-order valence-electron chi connectivity index (χ4n) is 6.32. The number of nitrogens with zero attached hydrogens (tertiary/aromatic N) is 3. The molecular formula is C31H33F6N3O2. The molecule has 2 aliphatic heterocycles. The van der Waals surface area contributed by atoms with Crippen molar-refractivity contribution >= 4 is 11.9 Å².